The van der Waals surface area contributed by atoms with E-state index < -0.39 is 10.0 Å². The van der Waals surface area contributed by atoms with Gasteiger partial charge in [0.1, 0.15) is 5.82 Å². The molecule has 0 saturated heterocycles. The Morgan fingerprint density at radius 2 is 1.97 bits per heavy atom. The molecule has 2 aromatic carbocycles. The highest BCUT2D eigenvalue weighted by Gasteiger charge is 2.13. The second kappa shape index (κ2) is 9.78. The molecule has 3 heterocycles. The van der Waals surface area contributed by atoms with Crippen molar-refractivity contribution in [1.29, 1.82) is 0 Å². The van der Waals surface area contributed by atoms with Gasteiger partial charge in [-0.05, 0) is 70.4 Å². The van der Waals surface area contributed by atoms with Gasteiger partial charge in [0.05, 0.1) is 9.37 Å². The molecule has 35 heavy (non-hydrogen) atoms. The second-order valence-electron chi connectivity index (χ2n) is 8.20. The number of aromatic amines is 1. The smallest absolute Gasteiger partial charge is 0.238 e. The van der Waals surface area contributed by atoms with Crippen LogP contribution < -0.4 is 21.1 Å². The number of rotatable bonds is 7. The lowest BCUT2D eigenvalue weighted by atomic mass is 9.99. The summed E-state index contributed by atoms with van der Waals surface area (Å²) < 4.78 is 23.6. The maximum atomic E-state index is 11.4. The summed E-state index contributed by atoms with van der Waals surface area (Å²) in [6.07, 6.45) is 6.99. The average molecular weight is 554 g/mol. The number of halogens is 1. The number of primary sulfonamides is 1. The van der Waals surface area contributed by atoms with Crippen LogP contribution in [0.4, 0.5) is 17.5 Å². The summed E-state index contributed by atoms with van der Waals surface area (Å²) >= 11 is 3.48. The van der Waals surface area contributed by atoms with E-state index in [1.807, 2.05) is 12.1 Å². The van der Waals surface area contributed by atoms with Crippen LogP contribution in [0.15, 0.2) is 70.3 Å². The molecule has 0 atom stereocenters. The van der Waals surface area contributed by atoms with Gasteiger partial charge in [-0.3, -0.25) is 0 Å². The van der Waals surface area contributed by atoms with Crippen molar-refractivity contribution in [3.05, 3.63) is 76.5 Å². The Morgan fingerprint density at radius 1 is 1.14 bits per heavy atom. The Labute approximate surface area is 211 Å². The molecule has 0 unspecified atom stereocenters. The minimum absolute atomic E-state index is 0.0787. The van der Waals surface area contributed by atoms with E-state index in [1.54, 1.807) is 18.3 Å². The van der Waals surface area contributed by atoms with Crippen LogP contribution >= 0.6 is 15.9 Å². The van der Waals surface area contributed by atoms with E-state index in [9.17, 15) is 8.42 Å². The van der Waals surface area contributed by atoms with Gasteiger partial charge in [-0.25, -0.2) is 18.5 Å². The molecular weight excluding hydrogens is 530 g/mol. The second-order valence-corrected chi connectivity index (χ2v) is 10.6. The lowest BCUT2D eigenvalue weighted by Crippen LogP contribution is -2.19. The third-order valence-electron chi connectivity index (χ3n) is 5.80. The van der Waals surface area contributed by atoms with Crippen LogP contribution in [0.1, 0.15) is 17.5 Å². The van der Waals surface area contributed by atoms with E-state index in [2.05, 4.69) is 65.2 Å². The highest BCUT2D eigenvalue weighted by atomic mass is 79.9. The monoisotopic (exact) mass is 553 g/mol. The zero-order valence-corrected chi connectivity index (χ0v) is 21.1. The van der Waals surface area contributed by atoms with E-state index in [4.69, 9.17) is 5.14 Å². The van der Waals surface area contributed by atoms with Crippen LogP contribution in [0.3, 0.4) is 0 Å². The molecule has 11 heteroatoms. The van der Waals surface area contributed by atoms with Crippen molar-refractivity contribution in [2.24, 2.45) is 5.14 Å². The first-order valence-electron chi connectivity index (χ1n) is 11.0. The number of anilines is 3. The molecule has 2 aromatic heterocycles. The Morgan fingerprint density at radius 3 is 2.71 bits per heavy atom. The predicted molar refractivity (Wildman–Crippen MR) is 142 cm³/mol. The molecule has 0 radical (unpaired) electrons. The molecular formula is C24H24BrN7O2S. The number of benzene rings is 2. The van der Waals surface area contributed by atoms with Gasteiger partial charge in [-0.15, -0.1) is 0 Å². The maximum Gasteiger partial charge on any atom is 0.238 e. The molecule has 1 aliphatic rings. The van der Waals surface area contributed by atoms with Crippen LogP contribution in [-0.4, -0.2) is 36.5 Å². The normalized spacial score (nSPS) is 14.1. The van der Waals surface area contributed by atoms with Crippen molar-refractivity contribution < 1.29 is 8.42 Å². The summed E-state index contributed by atoms with van der Waals surface area (Å²) in [6, 6.07) is 12.5. The van der Waals surface area contributed by atoms with Crippen LogP contribution in [0.5, 0.6) is 0 Å². The summed E-state index contributed by atoms with van der Waals surface area (Å²) in [4.78, 5) is 12.4. The Hall–Kier alpha value is -3.25. The number of fused-ring (bicyclic) bond motifs is 1. The van der Waals surface area contributed by atoms with Crippen molar-refractivity contribution in [2.75, 3.05) is 23.7 Å². The molecule has 9 nitrogen and oxygen atoms in total. The summed E-state index contributed by atoms with van der Waals surface area (Å²) in [6.45, 7) is 2.32. The van der Waals surface area contributed by atoms with Gasteiger partial charge in [0.15, 0.2) is 0 Å². The summed E-state index contributed by atoms with van der Waals surface area (Å²) in [7, 11) is -3.71. The first kappa shape index (κ1) is 23.5. The number of H-pyrrole nitrogens is 1. The average Bonchev–Trinajstić information content (AvgIpc) is 3.28. The molecule has 0 aliphatic carbocycles. The molecule has 0 spiro atoms. The number of nitrogens with zero attached hydrogens (tertiary/aromatic N) is 2. The maximum absolute atomic E-state index is 11.4. The first-order chi connectivity index (χ1) is 16.9. The fraction of sp³-hybridized carbons (Fsp3) is 0.167. The number of hydrogen-bond donors (Lipinski definition) is 5. The molecule has 180 valence electrons. The van der Waals surface area contributed by atoms with Gasteiger partial charge >= 0.3 is 0 Å². The zero-order chi connectivity index (χ0) is 24.4. The van der Waals surface area contributed by atoms with E-state index >= 15 is 0 Å². The van der Waals surface area contributed by atoms with E-state index in [0.29, 0.717) is 22.8 Å². The summed E-state index contributed by atoms with van der Waals surface area (Å²) in [5.74, 6) is 1.07. The minimum Gasteiger partial charge on any atom is -0.365 e. The van der Waals surface area contributed by atoms with Gasteiger partial charge in [-0.1, -0.05) is 18.2 Å². The molecule has 0 fully saturated rings. The number of nitrogens with two attached hydrogens (primary N) is 1. The molecule has 1 aliphatic heterocycles. The molecule has 6 N–H and O–H groups in total. The lowest BCUT2D eigenvalue weighted by Gasteiger charge is -2.14. The molecule has 5 rings (SSSR count). The fourth-order valence-corrected chi connectivity index (χ4v) is 4.84. The van der Waals surface area contributed by atoms with Gasteiger partial charge < -0.3 is 20.9 Å². The van der Waals surface area contributed by atoms with E-state index in [-0.39, 0.29) is 4.90 Å². The van der Waals surface area contributed by atoms with Gasteiger partial charge in [-0.2, -0.15) is 4.98 Å². The molecule has 0 amide bonds. The van der Waals surface area contributed by atoms with Crippen molar-refractivity contribution in [1.82, 2.24) is 20.3 Å². The highest BCUT2D eigenvalue weighted by Crippen LogP contribution is 2.31. The van der Waals surface area contributed by atoms with Gasteiger partial charge in [0, 0.05) is 47.6 Å². The van der Waals surface area contributed by atoms with Crippen molar-refractivity contribution in [2.45, 2.75) is 17.9 Å². The molecule has 4 aromatic rings. The van der Waals surface area contributed by atoms with E-state index in [1.165, 1.54) is 23.3 Å². The number of nitrogens with one attached hydrogen (secondary N) is 4. The number of sulfonamides is 1. The van der Waals surface area contributed by atoms with Gasteiger partial charge in [0.2, 0.25) is 16.0 Å². The quantitative estimate of drug-likeness (QED) is 0.232. The van der Waals surface area contributed by atoms with Crippen molar-refractivity contribution in [3.63, 3.8) is 0 Å². The fourth-order valence-electron chi connectivity index (χ4n) is 3.99. The SMILES string of the molecule is NS(=O)(=O)c1ccc(CNc2nc(Nc3ccc4[nH]cc(C5=CCNCC5)c4c3)ncc2Br)cc1. The summed E-state index contributed by atoms with van der Waals surface area (Å²) in [5, 5.41) is 16.2. The predicted octanol–water partition coefficient (Wildman–Crippen LogP) is 4.10. The number of aromatic nitrogens is 3. The standard InChI is InChI=1S/C24H24BrN7O2S/c25-21-14-30-24(32-23(21)29-12-15-1-4-18(5-2-15)35(26,33)34)31-17-3-6-22-19(11-17)20(13-28-22)16-7-9-27-10-8-16/h1-7,11,13-14,27-28H,8-10,12H2,(H2,26,33,34)(H2,29,30,31,32). The minimum atomic E-state index is -3.71. The third kappa shape index (κ3) is 5.38. The van der Waals surface area contributed by atoms with Crippen LogP contribution in [0, 0.1) is 0 Å². The Balaban J connectivity index is 1.33. The first-order valence-corrected chi connectivity index (χ1v) is 13.4. The lowest BCUT2D eigenvalue weighted by molar-refractivity contribution is 0.598. The van der Waals surface area contributed by atoms with Gasteiger partial charge in [0.25, 0.3) is 0 Å². The zero-order valence-electron chi connectivity index (χ0n) is 18.7. The Bertz CT molecular complexity index is 1510. The van der Waals surface area contributed by atoms with Crippen molar-refractivity contribution in [3.8, 4) is 0 Å². The van der Waals surface area contributed by atoms with E-state index in [0.717, 1.165) is 41.7 Å². The van der Waals surface area contributed by atoms with Crippen LogP contribution in [-0.2, 0) is 16.6 Å². The molecule has 0 saturated carbocycles. The third-order valence-corrected chi connectivity index (χ3v) is 7.31. The largest absolute Gasteiger partial charge is 0.365 e. The Kier molecular flexibility index (Phi) is 6.56. The number of hydrogen-bond acceptors (Lipinski definition) is 7. The topological polar surface area (TPSA) is 138 Å². The summed E-state index contributed by atoms with van der Waals surface area (Å²) in [5.41, 5.74) is 5.42. The van der Waals surface area contributed by atoms with Crippen LogP contribution in [0.25, 0.3) is 16.5 Å². The molecule has 0 bridgehead atoms. The highest BCUT2D eigenvalue weighted by molar-refractivity contribution is 9.10. The van der Waals surface area contributed by atoms with Crippen molar-refractivity contribution >= 4 is 59.9 Å². The van der Waals surface area contributed by atoms with Crippen LogP contribution in [0.2, 0.25) is 0 Å².